The van der Waals surface area contributed by atoms with Crippen molar-refractivity contribution in [2.75, 3.05) is 32.7 Å². The lowest BCUT2D eigenvalue weighted by atomic mass is 9.92. The molecular weight excluding hydrogens is 379 g/mol. The Kier molecular flexibility index (Phi) is 6.16. The summed E-state index contributed by atoms with van der Waals surface area (Å²) < 4.78 is 37.1. The van der Waals surface area contributed by atoms with Crippen LogP contribution in [0.4, 0.5) is 13.2 Å². The quantitative estimate of drug-likeness (QED) is 0.831. The molecule has 3 aliphatic rings. The lowest BCUT2D eigenvalue weighted by Crippen LogP contribution is -2.52. The number of carbonyl (C=O) groups excluding carboxylic acids is 1. The van der Waals surface area contributed by atoms with Crippen LogP contribution < -0.4 is 5.32 Å². The zero-order chi connectivity index (χ0) is 20.4. The van der Waals surface area contributed by atoms with Crippen molar-refractivity contribution in [3.63, 3.8) is 0 Å². The van der Waals surface area contributed by atoms with Gasteiger partial charge in [-0.2, -0.15) is 13.2 Å². The third-order valence-corrected chi connectivity index (χ3v) is 6.85. The standard InChI is InChI=1S/C22H30F3N3O/c23-22(24,25)15-26-21(29)18-6-3-9-28(14-18)19-7-10-27(11-8-19)20-12-16-4-1-2-5-17(16)13-20/h1-2,4-5,18-20H,3,6-15H2,(H,26,29)/t18-/m1/s1. The van der Waals surface area contributed by atoms with E-state index < -0.39 is 18.6 Å². The van der Waals surface area contributed by atoms with Gasteiger partial charge in [0, 0.05) is 18.6 Å². The zero-order valence-electron chi connectivity index (χ0n) is 16.8. The number of benzene rings is 1. The Labute approximate surface area is 170 Å². The Morgan fingerprint density at radius 1 is 0.966 bits per heavy atom. The molecule has 1 aromatic carbocycles. The minimum Gasteiger partial charge on any atom is -0.347 e. The van der Waals surface area contributed by atoms with Gasteiger partial charge in [0.1, 0.15) is 6.54 Å². The van der Waals surface area contributed by atoms with Crippen molar-refractivity contribution in [2.45, 2.75) is 56.8 Å². The summed E-state index contributed by atoms with van der Waals surface area (Å²) >= 11 is 0. The molecule has 4 rings (SSSR count). The number of amides is 1. The van der Waals surface area contributed by atoms with Crippen molar-refractivity contribution in [3.05, 3.63) is 35.4 Å². The fourth-order valence-electron chi connectivity index (χ4n) is 5.29. The molecule has 1 amide bonds. The van der Waals surface area contributed by atoms with E-state index in [4.69, 9.17) is 0 Å². The number of piperidine rings is 2. The first-order chi connectivity index (χ1) is 13.9. The number of hydrogen-bond acceptors (Lipinski definition) is 3. The second kappa shape index (κ2) is 8.64. The second-order valence-corrected chi connectivity index (χ2v) is 8.76. The maximum Gasteiger partial charge on any atom is 0.405 e. The molecule has 0 radical (unpaired) electrons. The molecule has 0 saturated carbocycles. The number of halogens is 3. The van der Waals surface area contributed by atoms with Crippen LogP contribution in [0, 0.1) is 5.92 Å². The lowest BCUT2D eigenvalue weighted by molar-refractivity contribution is -0.142. The van der Waals surface area contributed by atoms with Crippen LogP contribution >= 0.6 is 0 Å². The third-order valence-electron chi connectivity index (χ3n) is 6.85. The molecule has 1 aliphatic carbocycles. The number of carbonyl (C=O) groups is 1. The van der Waals surface area contributed by atoms with Crippen LogP contribution in [0.5, 0.6) is 0 Å². The molecule has 29 heavy (non-hydrogen) atoms. The predicted molar refractivity (Wildman–Crippen MR) is 106 cm³/mol. The molecular formula is C22H30F3N3O. The SMILES string of the molecule is O=C(NCC(F)(F)F)[C@@H]1CCCN(C2CCN(C3Cc4ccccc4C3)CC2)C1. The smallest absolute Gasteiger partial charge is 0.347 e. The summed E-state index contributed by atoms with van der Waals surface area (Å²) in [5, 5.41) is 2.07. The van der Waals surface area contributed by atoms with E-state index in [9.17, 15) is 18.0 Å². The van der Waals surface area contributed by atoms with Crippen LogP contribution in [0.25, 0.3) is 0 Å². The van der Waals surface area contributed by atoms with E-state index in [1.165, 1.54) is 11.1 Å². The van der Waals surface area contributed by atoms with Crippen molar-refractivity contribution in [2.24, 2.45) is 5.92 Å². The molecule has 2 fully saturated rings. The summed E-state index contributed by atoms with van der Waals surface area (Å²) in [6, 6.07) is 9.74. The fraction of sp³-hybridized carbons (Fsp3) is 0.682. The van der Waals surface area contributed by atoms with Gasteiger partial charge in [0.25, 0.3) is 0 Å². The van der Waals surface area contributed by atoms with Crippen LogP contribution in [0.2, 0.25) is 0 Å². The van der Waals surface area contributed by atoms with Gasteiger partial charge in [-0.25, -0.2) is 0 Å². The maximum absolute atomic E-state index is 12.4. The van der Waals surface area contributed by atoms with E-state index in [0.717, 1.165) is 51.7 Å². The van der Waals surface area contributed by atoms with Crippen molar-refractivity contribution < 1.29 is 18.0 Å². The van der Waals surface area contributed by atoms with Crippen LogP contribution in [0.1, 0.15) is 36.8 Å². The van der Waals surface area contributed by atoms with Gasteiger partial charge >= 0.3 is 6.18 Å². The van der Waals surface area contributed by atoms with Gasteiger partial charge in [0.15, 0.2) is 0 Å². The van der Waals surface area contributed by atoms with E-state index >= 15 is 0 Å². The minimum atomic E-state index is -4.35. The highest BCUT2D eigenvalue weighted by Gasteiger charge is 2.35. The highest BCUT2D eigenvalue weighted by atomic mass is 19.4. The number of likely N-dealkylation sites (tertiary alicyclic amines) is 2. The van der Waals surface area contributed by atoms with E-state index in [2.05, 4.69) is 39.4 Å². The predicted octanol–water partition coefficient (Wildman–Crippen LogP) is 3.01. The van der Waals surface area contributed by atoms with E-state index in [1.54, 1.807) is 0 Å². The summed E-state index contributed by atoms with van der Waals surface area (Å²) in [4.78, 5) is 17.1. The van der Waals surface area contributed by atoms with Gasteiger partial charge in [0.2, 0.25) is 5.91 Å². The Hall–Kier alpha value is -1.60. The molecule has 160 valence electrons. The highest BCUT2D eigenvalue weighted by molar-refractivity contribution is 5.79. The number of nitrogens with zero attached hydrogens (tertiary/aromatic N) is 2. The first-order valence-electron chi connectivity index (χ1n) is 10.8. The van der Waals surface area contributed by atoms with Crippen LogP contribution in [-0.2, 0) is 17.6 Å². The largest absolute Gasteiger partial charge is 0.405 e. The van der Waals surface area contributed by atoms with Crippen molar-refractivity contribution in [3.8, 4) is 0 Å². The lowest BCUT2D eigenvalue weighted by Gasteiger charge is -2.43. The van der Waals surface area contributed by atoms with Crippen LogP contribution in [0.3, 0.4) is 0 Å². The van der Waals surface area contributed by atoms with Crippen molar-refractivity contribution in [1.29, 1.82) is 0 Å². The highest BCUT2D eigenvalue weighted by Crippen LogP contribution is 2.29. The molecule has 0 unspecified atom stereocenters. The number of hydrogen-bond donors (Lipinski definition) is 1. The monoisotopic (exact) mass is 409 g/mol. The first kappa shape index (κ1) is 20.7. The summed E-state index contributed by atoms with van der Waals surface area (Å²) in [6.45, 7) is 2.42. The first-order valence-corrected chi connectivity index (χ1v) is 10.8. The van der Waals surface area contributed by atoms with Crippen LogP contribution in [-0.4, -0.2) is 66.7 Å². The second-order valence-electron chi connectivity index (χ2n) is 8.76. The van der Waals surface area contributed by atoms with Gasteiger partial charge in [-0.05, 0) is 69.3 Å². The number of fused-ring (bicyclic) bond motifs is 1. The van der Waals surface area contributed by atoms with Crippen molar-refractivity contribution >= 4 is 5.91 Å². The normalized spacial score (nSPS) is 25.1. The Morgan fingerprint density at radius 2 is 1.62 bits per heavy atom. The minimum absolute atomic E-state index is 0.325. The third kappa shape index (κ3) is 5.12. The molecule has 2 saturated heterocycles. The number of alkyl halides is 3. The molecule has 0 aromatic heterocycles. The molecule has 0 bridgehead atoms. The van der Waals surface area contributed by atoms with Crippen molar-refractivity contribution in [1.82, 2.24) is 15.1 Å². The molecule has 2 heterocycles. The summed E-state index contributed by atoms with van der Waals surface area (Å²) in [7, 11) is 0. The van der Waals surface area contributed by atoms with Gasteiger partial charge < -0.3 is 5.32 Å². The fourth-order valence-corrected chi connectivity index (χ4v) is 5.29. The van der Waals surface area contributed by atoms with Gasteiger partial charge in [-0.3, -0.25) is 14.6 Å². The van der Waals surface area contributed by atoms with Gasteiger partial charge in [-0.15, -0.1) is 0 Å². The van der Waals surface area contributed by atoms with E-state index in [-0.39, 0.29) is 5.92 Å². The Balaban J connectivity index is 1.25. The van der Waals surface area contributed by atoms with Crippen LogP contribution in [0.15, 0.2) is 24.3 Å². The summed E-state index contributed by atoms with van der Waals surface area (Å²) in [5.74, 6) is -0.776. The zero-order valence-corrected chi connectivity index (χ0v) is 16.8. The van der Waals surface area contributed by atoms with Gasteiger partial charge in [-0.1, -0.05) is 24.3 Å². The summed E-state index contributed by atoms with van der Waals surface area (Å²) in [5.41, 5.74) is 2.95. The van der Waals surface area contributed by atoms with Gasteiger partial charge in [0.05, 0.1) is 5.92 Å². The Morgan fingerprint density at radius 3 is 2.24 bits per heavy atom. The maximum atomic E-state index is 12.4. The Bertz CT molecular complexity index is 690. The topological polar surface area (TPSA) is 35.6 Å². The molecule has 7 heteroatoms. The molecule has 1 N–H and O–H groups in total. The molecule has 4 nitrogen and oxygen atoms in total. The molecule has 2 aliphatic heterocycles. The molecule has 1 atom stereocenters. The molecule has 0 spiro atoms. The number of nitrogens with one attached hydrogen (secondary N) is 1. The van der Waals surface area contributed by atoms with E-state index in [1.807, 2.05) is 0 Å². The average molecular weight is 409 g/mol. The summed E-state index contributed by atoms with van der Waals surface area (Å²) in [6.07, 6.45) is 1.61. The molecule has 1 aromatic rings. The number of rotatable bonds is 4. The average Bonchev–Trinajstić information content (AvgIpc) is 3.16. The van der Waals surface area contributed by atoms with E-state index in [0.29, 0.717) is 25.0 Å².